The molecule has 0 radical (unpaired) electrons. The number of halogens is 2. The van der Waals surface area contributed by atoms with Crippen molar-refractivity contribution in [3.8, 4) is 5.75 Å². The van der Waals surface area contributed by atoms with Gasteiger partial charge in [-0.1, -0.05) is 60.5 Å². The Bertz CT molecular complexity index is 937. The maximum Gasteiger partial charge on any atom is 0.262 e. The van der Waals surface area contributed by atoms with Crippen LogP contribution in [0, 0.1) is 0 Å². The van der Waals surface area contributed by atoms with Gasteiger partial charge in [-0.3, -0.25) is 4.79 Å². The van der Waals surface area contributed by atoms with Gasteiger partial charge in [0.1, 0.15) is 0 Å². The van der Waals surface area contributed by atoms with Crippen molar-refractivity contribution >= 4 is 40.5 Å². The number of anilines is 2. The second kappa shape index (κ2) is 10.2. The summed E-state index contributed by atoms with van der Waals surface area (Å²) in [4.78, 5) is 12.0. The number of ether oxygens (including phenoxy) is 1. The van der Waals surface area contributed by atoms with Crippen LogP contribution in [-0.4, -0.2) is 12.5 Å². The number of carbonyl (C=O) groups is 1. The van der Waals surface area contributed by atoms with E-state index in [0.29, 0.717) is 28.0 Å². The summed E-state index contributed by atoms with van der Waals surface area (Å²) in [5.74, 6) is 0.0113. The first kappa shape index (κ1) is 21.0. The van der Waals surface area contributed by atoms with E-state index in [9.17, 15) is 4.79 Å². The van der Waals surface area contributed by atoms with Gasteiger partial charge < -0.3 is 15.4 Å². The molecule has 0 saturated heterocycles. The predicted octanol–water partition coefficient (Wildman–Crippen LogP) is 6.19. The Hall–Kier alpha value is -2.69. The van der Waals surface area contributed by atoms with E-state index in [1.54, 1.807) is 24.3 Å². The fourth-order valence-corrected chi connectivity index (χ4v) is 3.41. The van der Waals surface area contributed by atoms with Crippen LogP contribution < -0.4 is 15.4 Å². The number of benzene rings is 3. The summed E-state index contributed by atoms with van der Waals surface area (Å²) in [6.07, 6.45) is 1.01. The van der Waals surface area contributed by atoms with E-state index in [1.165, 1.54) is 5.56 Å². The normalized spacial score (nSPS) is 10.4. The van der Waals surface area contributed by atoms with Gasteiger partial charge in [0.2, 0.25) is 0 Å². The Balaban J connectivity index is 1.57. The Morgan fingerprint density at radius 2 is 1.55 bits per heavy atom. The first-order valence-corrected chi connectivity index (χ1v) is 10.1. The summed E-state index contributed by atoms with van der Waals surface area (Å²) in [6.45, 7) is 2.51. The fraction of sp³-hybridized carbons (Fsp3) is 0.174. The number of rotatable bonds is 8. The van der Waals surface area contributed by atoms with Gasteiger partial charge in [-0.15, -0.1) is 0 Å². The lowest BCUT2D eigenvalue weighted by Gasteiger charge is -2.13. The Morgan fingerprint density at radius 1 is 0.897 bits per heavy atom. The van der Waals surface area contributed by atoms with Crippen LogP contribution in [0.5, 0.6) is 5.75 Å². The van der Waals surface area contributed by atoms with Crippen molar-refractivity contribution in [2.75, 3.05) is 17.2 Å². The molecule has 0 heterocycles. The zero-order chi connectivity index (χ0) is 20.6. The topological polar surface area (TPSA) is 50.4 Å². The smallest absolute Gasteiger partial charge is 0.262 e. The second-order valence-electron chi connectivity index (χ2n) is 6.50. The molecule has 0 atom stereocenters. The lowest BCUT2D eigenvalue weighted by atomic mass is 10.1. The van der Waals surface area contributed by atoms with Crippen molar-refractivity contribution in [2.24, 2.45) is 0 Å². The molecule has 0 saturated carbocycles. The third-order valence-corrected chi connectivity index (χ3v) is 4.88. The summed E-state index contributed by atoms with van der Waals surface area (Å²) in [5.41, 5.74) is 3.93. The van der Waals surface area contributed by atoms with Gasteiger partial charge >= 0.3 is 0 Å². The average molecular weight is 429 g/mol. The van der Waals surface area contributed by atoms with E-state index in [4.69, 9.17) is 27.9 Å². The molecule has 0 aliphatic heterocycles. The van der Waals surface area contributed by atoms with Crippen LogP contribution >= 0.6 is 23.2 Å². The van der Waals surface area contributed by atoms with E-state index in [-0.39, 0.29) is 12.5 Å². The molecular weight excluding hydrogens is 407 g/mol. The molecule has 3 rings (SSSR count). The molecule has 0 spiro atoms. The third-order valence-electron chi connectivity index (χ3n) is 4.32. The average Bonchev–Trinajstić information content (AvgIpc) is 2.72. The maximum atomic E-state index is 12.0. The molecule has 0 aromatic heterocycles. The highest BCUT2D eigenvalue weighted by atomic mass is 35.5. The van der Waals surface area contributed by atoms with Crippen LogP contribution in [0.25, 0.3) is 0 Å². The van der Waals surface area contributed by atoms with Gasteiger partial charge in [-0.05, 0) is 53.9 Å². The number of para-hydroxylation sites is 1. The molecule has 0 bridgehead atoms. The molecule has 3 aromatic rings. The predicted molar refractivity (Wildman–Crippen MR) is 120 cm³/mol. The van der Waals surface area contributed by atoms with Crippen molar-refractivity contribution in [1.29, 1.82) is 0 Å². The second-order valence-corrected chi connectivity index (χ2v) is 7.31. The minimum atomic E-state index is -0.287. The molecule has 0 aliphatic rings. The molecule has 2 N–H and O–H groups in total. The van der Waals surface area contributed by atoms with Crippen molar-refractivity contribution < 1.29 is 9.53 Å². The molecule has 6 heteroatoms. The highest BCUT2D eigenvalue weighted by Crippen LogP contribution is 2.34. The zero-order valence-corrected chi connectivity index (χ0v) is 17.6. The third kappa shape index (κ3) is 6.14. The Morgan fingerprint density at radius 3 is 2.17 bits per heavy atom. The van der Waals surface area contributed by atoms with E-state index < -0.39 is 0 Å². The Kier molecular flexibility index (Phi) is 7.39. The first-order chi connectivity index (χ1) is 14.0. The molecule has 4 nitrogen and oxygen atoms in total. The first-order valence-electron chi connectivity index (χ1n) is 9.33. The molecule has 1 amide bonds. The van der Waals surface area contributed by atoms with Crippen LogP contribution in [-0.2, 0) is 17.8 Å². The van der Waals surface area contributed by atoms with Gasteiger partial charge in [-0.25, -0.2) is 0 Å². The monoisotopic (exact) mass is 428 g/mol. The minimum Gasteiger partial charge on any atom is -0.481 e. The SMILES string of the molecule is CCc1ccc(NCc2cc(Cl)c(OCC(=O)Nc3ccccc3)c(Cl)c2)cc1. The molecule has 0 unspecified atom stereocenters. The quantitative estimate of drug-likeness (QED) is 0.449. The standard InChI is InChI=1S/C23H22Cl2N2O2/c1-2-16-8-10-18(11-9-16)26-14-17-12-20(24)23(21(25)13-17)29-15-22(28)27-19-6-4-3-5-7-19/h3-13,26H,2,14-15H2,1H3,(H,27,28). The Labute approximate surface area is 180 Å². The van der Waals surface area contributed by atoms with Gasteiger partial charge in [0.25, 0.3) is 5.91 Å². The van der Waals surface area contributed by atoms with E-state index in [1.807, 2.05) is 30.3 Å². The largest absolute Gasteiger partial charge is 0.481 e. The van der Waals surface area contributed by atoms with E-state index >= 15 is 0 Å². The van der Waals surface area contributed by atoms with Crippen LogP contribution in [0.4, 0.5) is 11.4 Å². The van der Waals surface area contributed by atoms with Crippen LogP contribution in [0.1, 0.15) is 18.1 Å². The lowest BCUT2D eigenvalue weighted by Crippen LogP contribution is -2.20. The zero-order valence-electron chi connectivity index (χ0n) is 16.0. The van der Waals surface area contributed by atoms with Crippen molar-refractivity contribution in [3.05, 3.63) is 87.9 Å². The van der Waals surface area contributed by atoms with Crippen molar-refractivity contribution in [3.63, 3.8) is 0 Å². The van der Waals surface area contributed by atoms with Gasteiger partial charge in [0.15, 0.2) is 12.4 Å². The number of aryl methyl sites for hydroxylation is 1. The molecule has 150 valence electrons. The number of hydrogen-bond donors (Lipinski definition) is 2. The fourth-order valence-electron chi connectivity index (χ4n) is 2.77. The number of nitrogens with one attached hydrogen (secondary N) is 2. The summed E-state index contributed by atoms with van der Waals surface area (Å²) < 4.78 is 5.55. The molecule has 3 aromatic carbocycles. The van der Waals surface area contributed by atoms with Crippen LogP contribution in [0.15, 0.2) is 66.7 Å². The number of hydrogen-bond acceptors (Lipinski definition) is 3. The summed E-state index contributed by atoms with van der Waals surface area (Å²) in [5, 5.41) is 6.82. The van der Waals surface area contributed by atoms with Gasteiger partial charge in [0.05, 0.1) is 10.0 Å². The molecule has 29 heavy (non-hydrogen) atoms. The summed E-state index contributed by atoms with van der Waals surface area (Å²) in [6, 6.07) is 21.0. The number of carbonyl (C=O) groups excluding carboxylic acids is 1. The van der Waals surface area contributed by atoms with E-state index in [2.05, 4.69) is 29.7 Å². The molecule has 0 fully saturated rings. The summed E-state index contributed by atoms with van der Waals surface area (Å²) >= 11 is 12.7. The molecular formula is C23H22Cl2N2O2. The van der Waals surface area contributed by atoms with Crippen molar-refractivity contribution in [1.82, 2.24) is 0 Å². The molecule has 0 aliphatic carbocycles. The lowest BCUT2D eigenvalue weighted by molar-refractivity contribution is -0.118. The highest BCUT2D eigenvalue weighted by molar-refractivity contribution is 6.37. The van der Waals surface area contributed by atoms with Crippen LogP contribution in [0.2, 0.25) is 10.0 Å². The van der Waals surface area contributed by atoms with Crippen molar-refractivity contribution in [2.45, 2.75) is 19.9 Å². The van der Waals surface area contributed by atoms with E-state index in [0.717, 1.165) is 17.7 Å². The number of amides is 1. The highest BCUT2D eigenvalue weighted by Gasteiger charge is 2.12. The minimum absolute atomic E-state index is 0.185. The maximum absolute atomic E-state index is 12.0. The van der Waals surface area contributed by atoms with Gasteiger partial charge in [0, 0.05) is 17.9 Å². The van der Waals surface area contributed by atoms with Gasteiger partial charge in [-0.2, -0.15) is 0 Å². The summed E-state index contributed by atoms with van der Waals surface area (Å²) in [7, 11) is 0. The van der Waals surface area contributed by atoms with Crippen LogP contribution in [0.3, 0.4) is 0 Å².